The van der Waals surface area contributed by atoms with Crippen molar-refractivity contribution in [2.24, 2.45) is 11.8 Å². The highest BCUT2D eigenvalue weighted by molar-refractivity contribution is 7.89. The van der Waals surface area contributed by atoms with Gasteiger partial charge in [-0.15, -0.1) is 0 Å². The maximum absolute atomic E-state index is 13.1. The van der Waals surface area contributed by atoms with Crippen molar-refractivity contribution >= 4 is 21.8 Å². The van der Waals surface area contributed by atoms with Gasteiger partial charge in [-0.3, -0.25) is 4.79 Å². The molecule has 0 unspecified atom stereocenters. The first-order chi connectivity index (χ1) is 16.6. The van der Waals surface area contributed by atoms with Crippen LogP contribution in [0.5, 0.6) is 5.75 Å². The molecule has 0 saturated carbocycles. The lowest BCUT2D eigenvalue weighted by atomic mass is 9.94. The van der Waals surface area contributed by atoms with Gasteiger partial charge in [0.2, 0.25) is 10.0 Å². The van der Waals surface area contributed by atoms with E-state index in [9.17, 15) is 22.4 Å². The second-order valence-corrected chi connectivity index (χ2v) is 11.0. The van der Waals surface area contributed by atoms with Crippen molar-refractivity contribution in [1.29, 1.82) is 0 Å². The molecule has 0 bridgehead atoms. The number of hydrogen-bond donors (Lipinski definition) is 0. The summed E-state index contributed by atoms with van der Waals surface area (Å²) in [6, 6.07) is 17.0. The Kier molecular flexibility index (Phi) is 7.14. The maximum Gasteiger partial charge on any atom is 0.343 e. The second-order valence-electron chi connectivity index (χ2n) is 9.04. The van der Waals surface area contributed by atoms with Crippen LogP contribution in [0.3, 0.4) is 0 Å². The van der Waals surface area contributed by atoms with Gasteiger partial charge in [0.1, 0.15) is 11.6 Å². The molecular weight excluding hydrogens is 469 g/mol. The molecule has 0 aromatic heterocycles. The molecule has 1 aliphatic rings. The fraction of sp³-hybridized carbons (Fsp3) is 0.259. The molecule has 8 heteroatoms. The first-order valence-corrected chi connectivity index (χ1v) is 12.8. The van der Waals surface area contributed by atoms with Crippen molar-refractivity contribution in [2.75, 3.05) is 13.1 Å². The van der Waals surface area contributed by atoms with E-state index in [4.69, 9.17) is 4.74 Å². The second kappa shape index (κ2) is 10.1. The van der Waals surface area contributed by atoms with Gasteiger partial charge >= 0.3 is 5.97 Å². The van der Waals surface area contributed by atoms with Gasteiger partial charge in [0, 0.05) is 24.2 Å². The van der Waals surface area contributed by atoms with Crippen molar-refractivity contribution in [3.63, 3.8) is 0 Å². The quantitative estimate of drug-likeness (QED) is 0.275. The van der Waals surface area contributed by atoms with Crippen LogP contribution in [0.1, 0.15) is 46.5 Å². The molecule has 0 spiro atoms. The van der Waals surface area contributed by atoms with Gasteiger partial charge in [0.15, 0.2) is 5.78 Å². The molecule has 3 aromatic rings. The van der Waals surface area contributed by atoms with Crippen LogP contribution in [-0.2, 0) is 10.0 Å². The van der Waals surface area contributed by atoms with Gasteiger partial charge in [-0.25, -0.2) is 17.6 Å². The Balaban J connectivity index is 1.42. The van der Waals surface area contributed by atoms with Gasteiger partial charge < -0.3 is 4.74 Å². The number of sulfonamides is 1. The lowest BCUT2D eigenvalue weighted by Gasteiger charge is -2.34. The minimum atomic E-state index is -3.64. The Labute approximate surface area is 204 Å². The third kappa shape index (κ3) is 5.66. The Morgan fingerprint density at radius 2 is 1.29 bits per heavy atom. The van der Waals surface area contributed by atoms with E-state index >= 15 is 0 Å². The van der Waals surface area contributed by atoms with Crippen LogP contribution < -0.4 is 4.74 Å². The third-order valence-electron chi connectivity index (χ3n) is 6.00. The molecule has 1 fully saturated rings. The maximum atomic E-state index is 13.1. The summed E-state index contributed by atoms with van der Waals surface area (Å²) >= 11 is 0. The van der Waals surface area contributed by atoms with Crippen molar-refractivity contribution in [2.45, 2.75) is 25.2 Å². The van der Waals surface area contributed by atoms with E-state index in [1.165, 1.54) is 77.1 Å². The Morgan fingerprint density at radius 1 is 0.800 bits per heavy atom. The molecule has 2 atom stereocenters. The molecule has 1 heterocycles. The molecule has 0 radical (unpaired) electrons. The molecule has 0 N–H and O–H groups in total. The SMILES string of the molecule is C[C@H]1C[C@H](C)CN(S(=O)(=O)c2ccc(C(=O)Oc3ccc(C(=O)c4ccc(F)cc4)cc3)cc2)C1. The van der Waals surface area contributed by atoms with Crippen LogP contribution in [0.15, 0.2) is 77.7 Å². The molecule has 4 rings (SSSR count). The summed E-state index contributed by atoms with van der Waals surface area (Å²) in [5.74, 6) is -0.534. The van der Waals surface area contributed by atoms with E-state index in [0.29, 0.717) is 36.1 Å². The zero-order chi connectivity index (χ0) is 25.2. The molecule has 0 amide bonds. The molecule has 0 aliphatic carbocycles. The Bertz CT molecular complexity index is 1310. The molecule has 6 nitrogen and oxygen atoms in total. The average Bonchev–Trinajstić information content (AvgIpc) is 2.84. The van der Waals surface area contributed by atoms with E-state index < -0.39 is 21.8 Å². The van der Waals surface area contributed by atoms with Gasteiger partial charge in [0.25, 0.3) is 0 Å². The van der Waals surface area contributed by atoms with Crippen LogP contribution in [0.4, 0.5) is 4.39 Å². The fourth-order valence-electron chi connectivity index (χ4n) is 4.32. The van der Waals surface area contributed by atoms with Crippen LogP contribution in [0, 0.1) is 17.7 Å². The van der Waals surface area contributed by atoms with Gasteiger partial charge in [0.05, 0.1) is 10.5 Å². The number of piperidine rings is 1. The number of carbonyl (C=O) groups excluding carboxylic acids is 2. The van der Waals surface area contributed by atoms with E-state index in [1.807, 2.05) is 13.8 Å². The third-order valence-corrected chi connectivity index (χ3v) is 7.84. The highest BCUT2D eigenvalue weighted by atomic mass is 32.2. The Hall–Kier alpha value is -3.36. The number of nitrogens with zero attached hydrogens (tertiary/aromatic N) is 1. The normalized spacial score (nSPS) is 18.7. The zero-order valence-electron chi connectivity index (χ0n) is 19.5. The van der Waals surface area contributed by atoms with Crippen LogP contribution in [0.25, 0.3) is 0 Å². The average molecular weight is 496 g/mol. The van der Waals surface area contributed by atoms with Crippen molar-refractivity contribution < 1.29 is 27.1 Å². The first-order valence-electron chi connectivity index (χ1n) is 11.4. The molecule has 1 saturated heterocycles. The summed E-state index contributed by atoms with van der Waals surface area (Å²) in [5.41, 5.74) is 0.919. The standard InChI is InChI=1S/C27H26FNO5S/c1-18-15-19(2)17-29(16-18)35(32,33)25-13-7-22(8-14-25)27(31)34-24-11-5-21(6-12-24)26(30)20-3-9-23(28)10-4-20/h3-14,18-19H,15-17H2,1-2H3/t18-,19-/m0/s1. The topological polar surface area (TPSA) is 80.8 Å². The van der Waals surface area contributed by atoms with Crippen LogP contribution in [-0.4, -0.2) is 37.6 Å². The summed E-state index contributed by atoms with van der Waals surface area (Å²) < 4.78 is 46.0. The number of carbonyl (C=O) groups is 2. The predicted molar refractivity (Wildman–Crippen MR) is 129 cm³/mol. The van der Waals surface area contributed by atoms with E-state index in [0.717, 1.165) is 6.42 Å². The number of hydrogen-bond acceptors (Lipinski definition) is 5. The summed E-state index contributed by atoms with van der Waals surface area (Å²) in [6.45, 7) is 5.05. The highest BCUT2D eigenvalue weighted by Crippen LogP contribution is 2.27. The summed E-state index contributed by atoms with van der Waals surface area (Å²) in [4.78, 5) is 25.2. The van der Waals surface area contributed by atoms with E-state index in [1.54, 1.807) is 0 Å². The largest absolute Gasteiger partial charge is 0.423 e. The fourth-order valence-corrected chi connectivity index (χ4v) is 6.00. The molecular formula is C27H26FNO5S. The summed E-state index contributed by atoms with van der Waals surface area (Å²) in [6.07, 6.45) is 0.998. The predicted octanol–water partition coefficient (Wildman–Crippen LogP) is 4.94. The van der Waals surface area contributed by atoms with E-state index in [2.05, 4.69) is 0 Å². The number of esters is 1. The smallest absolute Gasteiger partial charge is 0.343 e. The number of ketones is 1. The molecule has 3 aromatic carbocycles. The number of halogens is 1. The highest BCUT2D eigenvalue weighted by Gasteiger charge is 2.31. The van der Waals surface area contributed by atoms with Gasteiger partial charge in [-0.05, 0) is 91.1 Å². The Morgan fingerprint density at radius 3 is 1.83 bits per heavy atom. The van der Waals surface area contributed by atoms with Crippen molar-refractivity contribution in [1.82, 2.24) is 4.31 Å². The van der Waals surface area contributed by atoms with Crippen LogP contribution >= 0.6 is 0 Å². The lowest BCUT2D eigenvalue weighted by Crippen LogP contribution is -2.42. The zero-order valence-corrected chi connectivity index (χ0v) is 20.3. The van der Waals surface area contributed by atoms with E-state index in [-0.39, 0.29) is 22.0 Å². The monoisotopic (exact) mass is 495 g/mol. The minimum Gasteiger partial charge on any atom is -0.423 e. The van der Waals surface area contributed by atoms with Crippen molar-refractivity contribution in [3.8, 4) is 5.75 Å². The molecule has 182 valence electrons. The molecule has 1 aliphatic heterocycles. The van der Waals surface area contributed by atoms with Gasteiger partial charge in [-0.1, -0.05) is 13.8 Å². The lowest BCUT2D eigenvalue weighted by molar-refractivity contribution is 0.0734. The first kappa shape index (κ1) is 24.8. The summed E-state index contributed by atoms with van der Waals surface area (Å²) in [5, 5.41) is 0. The van der Waals surface area contributed by atoms with Gasteiger partial charge in [-0.2, -0.15) is 4.31 Å². The van der Waals surface area contributed by atoms with Crippen LogP contribution in [0.2, 0.25) is 0 Å². The molecule has 35 heavy (non-hydrogen) atoms. The summed E-state index contributed by atoms with van der Waals surface area (Å²) in [7, 11) is -3.64. The number of ether oxygens (including phenoxy) is 1. The minimum absolute atomic E-state index is 0.138. The van der Waals surface area contributed by atoms with Crippen molar-refractivity contribution in [3.05, 3.63) is 95.3 Å². The number of rotatable bonds is 6. The number of benzene rings is 3.